The molecule has 0 N–H and O–H groups in total. The lowest BCUT2D eigenvalue weighted by atomic mass is 9.94. The molecule has 1 aliphatic rings. The molecule has 1 aliphatic heterocycles. The van der Waals surface area contributed by atoms with Gasteiger partial charge < -0.3 is 0 Å². The summed E-state index contributed by atoms with van der Waals surface area (Å²) in [5.74, 6) is -0.299. The summed E-state index contributed by atoms with van der Waals surface area (Å²) in [5.41, 5.74) is 1.46. The molecule has 0 radical (unpaired) electrons. The van der Waals surface area contributed by atoms with E-state index in [1.807, 2.05) is 0 Å². The quantitative estimate of drug-likeness (QED) is 0.402. The fourth-order valence-corrected chi connectivity index (χ4v) is 12.9. The van der Waals surface area contributed by atoms with Gasteiger partial charge in [0.15, 0.2) is 0 Å². The van der Waals surface area contributed by atoms with Gasteiger partial charge in [0, 0.05) is 23.6 Å². The molecule has 0 spiro atoms. The summed E-state index contributed by atoms with van der Waals surface area (Å²) in [6, 6.07) is 16.1. The molecule has 0 aromatic heterocycles. The molecule has 2 aromatic rings. The molecule has 0 saturated heterocycles. The van der Waals surface area contributed by atoms with E-state index < -0.39 is 16.1 Å². The first-order chi connectivity index (χ1) is 14.3. The number of carbonyl (C=O) groups is 2. The maximum absolute atomic E-state index is 13.1. The number of amides is 2. The van der Waals surface area contributed by atoms with Crippen molar-refractivity contribution in [1.29, 1.82) is 0 Å². The van der Waals surface area contributed by atoms with E-state index in [1.54, 1.807) is 7.05 Å². The average molecular weight is 440 g/mol. The van der Waals surface area contributed by atoms with Crippen LogP contribution in [0.25, 0.3) is 10.8 Å². The van der Waals surface area contributed by atoms with Crippen LogP contribution in [0.5, 0.6) is 0 Å². The largest absolute Gasteiger partial charge is 0.277 e. The first-order valence-electron chi connectivity index (χ1n) is 11.7. The average Bonchev–Trinajstić information content (AvgIpc) is 2.78. The van der Waals surface area contributed by atoms with Crippen molar-refractivity contribution in [3.05, 3.63) is 35.4 Å². The highest BCUT2D eigenvalue weighted by Crippen LogP contribution is 2.32. The minimum Gasteiger partial charge on any atom is -0.277 e. The summed E-state index contributed by atoms with van der Waals surface area (Å²) < 4.78 is 0. The van der Waals surface area contributed by atoms with Gasteiger partial charge in [-0.25, -0.2) is 0 Å². The van der Waals surface area contributed by atoms with Crippen LogP contribution in [-0.2, 0) is 0 Å². The number of carbonyl (C=O) groups excluding carboxylic acids is 2. The van der Waals surface area contributed by atoms with E-state index in [0.29, 0.717) is 0 Å². The van der Waals surface area contributed by atoms with Crippen LogP contribution >= 0.6 is 0 Å². The van der Waals surface area contributed by atoms with Crippen LogP contribution in [0.2, 0.25) is 36.3 Å². The van der Waals surface area contributed by atoms with Gasteiger partial charge in [-0.15, -0.1) is 0 Å². The van der Waals surface area contributed by atoms with Crippen molar-refractivity contribution in [2.75, 3.05) is 7.05 Å². The molecular formula is C25H37NO2Si2. The number of imide groups is 1. The van der Waals surface area contributed by atoms with Crippen LogP contribution in [0.4, 0.5) is 0 Å². The molecule has 0 bridgehead atoms. The van der Waals surface area contributed by atoms with Gasteiger partial charge in [0.1, 0.15) is 0 Å². The predicted molar refractivity (Wildman–Crippen MR) is 134 cm³/mol. The SMILES string of the molecule is CC[Si](CC)(CC)c1cc2c3c(cc([Si](CC)(CC)CC)cc3c1)C(=O)N(C)C2=O. The molecule has 0 fully saturated rings. The Morgan fingerprint density at radius 1 is 0.633 bits per heavy atom. The van der Waals surface area contributed by atoms with Crippen LogP contribution in [0.15, 0.2) is 24.3 Å². The fraction of sp³-hybridized carbons (Fsp3) is 0.520. The van der Waals surface area contributed by atoms with Crippen molar-refractivity contribution in [3.8, 4) is 0 Å². The lowest BCUT2D eigenvalue weighted by molar-refractivity contribution is 0.0651. The highest BCUT2D eigenvalue weighted by molar-refractivity contribution is 6.92. The Bertz CT molecular complexity index is 899. The van der Waals surface area contributed by atoms with Crippen LogP contribution in [0.3, 0.4) is 0 Å². The van der Waals surface area contributed by atoms with Crippen molar-refractivity contribution in [1.82, 2.24) is 4.90 Å². The van der Waals surface area contributed by atoms with Gasteiger partial charge in [0.05, 0.1) is 16.1 Å². The third kappa shape index (κ3) is 3.21. The minimum absolute atomic E-state index is 0.150. The summed E-state index contributed by atoms with van der Waals surface area (Å²) >= 11 is 0. The second-order valence-electron chi connectivity index (χ2n) is 9.00. The smallest absolute Gasteiger partial charge is 0.261 e. The zero-order chi connectivity index (χ0) is 22.3. The molecule has 0 saturated carbocycles. The third-order valence-corrected chi connectivity index (χ3v) is 19.6. The van der Waals surface area contributed by atoms with E-state index in [9.17, 15) is 9.59 Å². The summed E-state index contributed by atoms with van der Waals surface area (Å²) in [5, 5.41) is 4.76. The molecule has 0 unspecified atom stereocenters. The van der Waals surface area contributed by atoms with E-state index in [1.165, 1.54) is 51.5 Å². The molecule has 2 amide bonds. The Kier molecular flexibility index (Phi) is 6.44. The molecule has 1 heterocycles. The van der Waals surface area contributed by atoms with E-state index in [4.69, 9.17) is 0 Å². The molecule has 30 heavy (non-hydrogen) atoms. The number of nitrogens with zero attached hydrogens (tertiary/aromatic N) is 1. The van der Waals surface area contributed by atoms with Gasteiger partial charge in [-0.1, -0.05) is 100 Å². The summed E-state index contributed by atoms with van der Waals surface area (Å²) in [7, 11) is -1.67. The predicted octanol–water partition coefficient (Wildman–Crippen LogP) is 5.50. The van der Waals surface area contributed by atoms with Gasteiger partial charge in [0.25, 0.3) is 11.8 Å². The van der Waals surface area contributed by atoms with Gasteiger partial charge in [-0.2, -0.15) is 0 Å². The molecule has 3 rings (SSSR count). The molecule has 0 aliphatic carbocycles. The van der Waals surface area contributed by atoms with Gasteiger partial charge in [0.2, 0.25) is 0 Å². The molecular weight excluding hydrogens is 402 g/mol. The maximum atomic E-state index is 13.1. The van der Waals surface area contributed by atoms with E-state index >= 15 is 0 Å². The third-order valence-electron chi connectivity index (χ3n) is 8.40. The Balaban J connectivity index is 2.44. The normalized spacial score (nSPS) is 14.7. The molecule has 2 aromatic carbocycles. The van der Waals surface area contributed by atoms with E-state index in [2.05, 4.69) is 65.8 Å². The summed E-state index contributed by atoms with van der Waals surface area (Å²) in [4.78, 5) is 27.6. The van der Waals surface area contributed by atoms with Crippen LogP contribution in [-0.4, -0.2) is 39.9 Å². The monoisotopic (exact) mass is 439 g/mol. The maximum Gasteiger partial charge on any atom is 0.261 e. The van der Waals surface area contributed by atoms with Gasteiger partial charge in [-0.05, 0) is 17.5 Å². The van der Waals surface area contributed by atoms with Crippen molar-refractivity contribution < 1.29 is 9.59 Å². The zero-order valence-corrected chi connectivity index (χ0v) is 21.8. The summed E-state index contributed by atoms with van der Waals surface area (Å²) in [6.07, 6.45) is 0. The lowest BCUT2D eigenvalue weighted by Gasteiger charge is -2.33. The first-order valence-corrected chi connectivity index (χ1v) is 17.0. The number of hydrogen-bond acceptors (Lipinski definition) is 2. The van der Waals surface area contributed by atoms with Gasteiger partial charge >= 0.3 is 0 Å². The molecule has 0 atom stereocenters. The van der Waals surface area contributed by atoms with E-state index in [0.717, 1.165) is 21.9 Å². The van der Waals surface area contributed by atoms with Crippen molar-refractivity contribution in [2.24, 2.45) is 0 Å². The van der Waals surface area contributed by atoms with Crippen molar-refractivity contribution in [2.45, 2.75) is 77.8 Å². The van der Waals surface area contributed by atoms with Crippen molar-refractivity contribution in [3.63, 3.8) is 0 Å². The Morgan fingerprint density at radius 2 is 0.967 bits per heavy atom. The molecule has 162 valence electrons. The summed E-state index contributed by atoms with van der Waals surface area (Å²) in [6.45, 7) is 13.8. The highest BCUT2D eigenvalue weighted by atomic mass is 28.3. The van der Waals surface area contributed by atoms with Crippen LogP contribution < -0.4 is 10.4 Å². The van der Waals surface area contributed by atoms with E-state index in [-0.39, 0.29) is 11.8 Å². The van der Waals surface area contributed by atoms with Gasteiger partial charge in [-0.3, -0.25) is 14.5 Å². The second-order valence-corrected chi connectivity index (χ2v) is 19.5. The lowest BCUT2D eigenvalue weighted by Crippen LogP contribution is -2.48. The Labute approximate surface area is 183 Å². The standard InChI is InChI=1S/C25H37NO2Si2/c1-8-29(9-2,10-3)19-14-18-15-20(30(11-4,12-5)13-6)17-22-23(18)21(16-19)24(27)26(7)25(22)28/h14-17H,8-13H2,1-7H3. The molecule has 3 nitrogen and oxygen atoms in total. The Hall–Kier alpha value is -1.73. The second kappa shape index (κ2) is 8.42. The highest BCUT2D eigenvalue weighted by Gasteiger charge is 2.37. The number of hydrogen-bond donors (Lipinski definition) is 0. The first kappa shape index (κ1) is 22.9. The zero-order valence-electron chi connectivity index (χ0n) is 19.8. The van der Waals surface area contributed by atoms with Crippen molar-refractivity contribution >= 4 is 49.1 Å². The van der Waals surface area contributed by atoms with Crippen LogP contribution in [0, 0.1) is 0 Å². The number of benzene rings is 2. The fourth-order valence-electron chi connectivity index (χ4n) is 5.64. The molecule has 5 heteroatoms. The minimum atomic E-state index is -1.65. The van der Waals surface area contributed by atoms with Crippen LogP contribution in [0.1, 0.15) is 62.3 Å². The number of rotatable bonds is 8. The topological polar surface area (TPSA) is 37.4 Å². The Morgan fingerprint density at radius 3 is 1.27 bits per heavy atom.